The van der Waals surface area contributed by atoms with E-state index in [2.05, 4.69) is 34.2 Å². The number of amides is 1. The predicted molar refractivity (Wildman–Crippen MR) is 98.2 cm³/mol. The van der Waals surface area contributed by atoms with Gasteiger partial charge in [-0.25, -0.2) is 0 Å². The fourth-order valence-electron chi connectivity index (χ4n) is 2.50. The van der Waals surface area contributed by atoms with Gasteiger partial charge in [0.2, 0.25) is 5.91 Å². The fourth-order valence-corrected chi connectivity index (χ4v) is 2.97. The first-order valence-corrected chi connectivity index (χ1v) is 8.48. The van der Waals surface area contributed by atoms with E-state index in [1.54, 1.807) is 7.11 Å². The van der Waals surface area contributed by atoms with Crippen molar-refractivity contribution in [3.8, 4) is 5.75 Å². The number of ether oxygens (including phenoxy) is 1. The Kier molecular flexibility index (Phi) is 6.22. The average Bonchev–Trinajstić information content (AvgIpc) is 2.51. The molecule has 0 bridgehead atoms. The number of carbonyl (C=O) groups excluding carboxylic acids is 1. The normalized spacial score (nSPS) is 10.4. The SMILES string of the molecule is COc1ccc(CCCC(=O)Nc2ccc(Br)cc2C)c(C)c1. The van der Waals surface area contributed by atoms with Gasteiger partial charge in [-0.2, -0.15) is 0 Å². The van der Waals surface area contributed by atoms with E-state index in [1.165, 1.54) is 11.1 Å². The van der Waals surface area contributed by atoms with Gasteiger partial charge in [-0.1, -0.05) is 22.0 Å². The number of anilines is 1. The molecule has 0 saturated heterocycles. The topological polar surface area (TPSA) is 38.3 Å². The molecule has 122 valence electrons. The van der Waals surface area contributed by atoms with Gasteiger partial charge in [-0.15, -0.1) is 0 Å². The summed E-state index contributed by atoms with van der Waals surface area (Å²) in [5, 5.41) is 2.98. The summed E-state index contributed by atoms with van der Waals surface area (Å²) in [5.74, 6) is 0.927. The zero-order valence-electron chi connectivity index (χ0n) is 13.8. The Labute approximate surface area is 146 Å². The Balaban J connectivity index is 1.85. The van der Waals surface area contributed by atoms with Gasteiger partial charge in [-0.3, -0.25) is 4.79 Å². The molecule has 2 rings (SSSR count). The fraction of sp³-hybridized carbons (Fsp3) is 0.316. The predicted octanol–water partition coefficient (Wildman–Crippen LogP) is 5.04. The van der Waals surface area contributed by atoms with Gasteiger partial charge in [0.1, 0.15) is 5.75 Å². The second-order valence-corrected chi connectivity index (χ2v) is 6.57. The minimum absolute atomic E-state index is 0.0570. The Morgan fingerprint density at radius 3 is 2.57 bits per heavy atom. The average molecular weight is 376 g/mol. The largest absolute Gasteiger partial charge is 0.497 e. The molecule has 0 spiro atoms. The summed E-state index contributed by atoms with van der Waals surface area (Å²) in [7, 11) is 1.67. The van der Waals surface area contributed by atoms with Crippen LogP contribution in [0.25, 0.3) is 0 Å². The zero-order valence-corrected chi connectivity index (χ0v) is 15.4. The molecule has 0 saturated carbocycles. The molecule has 0 aliphatic rings. The third kappa shape index (κ3) is 5.10. The smallest absolute Gasteiger partial charge is 0.224 e. The number of halogens is 1. The van der Waals surface area contributed by atoms with Gasteiger partial charge < -0.3 is 10.1 Å². The van der Waals surface area contributed by atoms with E-state index < -0.39 is 0 Å². The Morgan fingerprint density at radius 1 is 1.13 bits per heavy atom. The number of methoxy groups -OCH3 is 1. The van der Waals surface area contributed by atoms with E-state index in [0.29, 0.717) is 6.42 Å². The highest BCUT2D eigenvalue weighted by atomic mass is 79.9. The third-order valence-electron chi connectivity index (χ3n) is 3.86. The second-order valence-electron chi connectivity index (χ2n) is 5.65. The molecule has 0 radical (unpaired) electrons. The molecule has 0 aliphatic heterocycles. The van der Waals surface area contributed by atoms with Crippen LogP contribution in [0.3, 0.4) is 0 Å². The second kappa shape index (κ2) is 8.16. The molecule has 2 aromatic rings. The first-order chi connectivity index (χ1) is 11.0. The van der Waals surface area contributed by atoms with Crippen LogP contribution in [0.2, 0.25) is 0 Å². The maximum atomic E-state index is 12.1. The quantitative estimate of drug-likeness (QED) is 0.768. The number of aryl methyl sites for hydroxylation is 3. The summed E-state index contributed by atoms with van der Waals surface area (Å²) in [4.78, 5) is 12.1. The number of carbonyl (C=O) groups is 1. The molecule has 1 N–H and O–H groups in total. The van der Waals surface area contributed by atoms with E-state index in [9.17, 15) is 4.79 Å². The summed E-state index contributed by atoms with van der Waals surface area (Å²) in [6.45, 7) is 4.06. The molecule has 23 heavy (non-hydrogen) atoms. The molecular weight excluding hydrogens is 354 g/mol. The lowest BCUT2D eigenvalue weighted by Gasteiger charge is -2.10. The molecule has 4 heteroatoms. The molecule has 0 heterocycles. The van der Waals surface area contributed by atoms with Gasteiger partial charge >= 0.3 is 0 Å². The number of hydrogen-bond donors (Lipinski definition) is 1. The van der Waals surface area contributed by atoms with Crippen molar-refractivity contribution in [3.05, 3.63) is 57.6 Å². The first-order valence-electron chi connectivity index (χ1n) is 7.69. The van der Waals surface area contributed by atoms with Crippen LogP contribution in [0, 0.1) is 13.8 Å². The molecular formula is C19H22BrNO2. The third-order valence-corrected chi connectivity index (χ3v) is 4.36. The number of nitrogens with one attached hydrogen (secondary N) is 1. The summed E-state index contributed by atoms with van der Waals surface area (Å²) >= 11 is 3.43. The van der Waals surface area contributed by atoms with E-state index in [4.69, 9.17) is 4.74 Å². The van der Waals surface area contributed by atoms with Crippen molar-refractivity contribution in [3.63, 3.8) is 0 Å². The minimum Gasteiger partial charge on any atom is -0.497 e. The van der Waals surface area contributed by atoms with Crippen LogP contribution in [-0.4, -0.2) is 13.0 Å². The highest BCUT2D eigenvalue weighted by molar-refractivity contribution is 9.10. The summed E-state index contributed by atoms with van der Waals surface area (Å²) in [5.41, 5.74) is 4.39. The lowest BCUT2D eigenvalue weighted by molar-refractivity contribution is -0.116. The summed E-state index contributed by atoms with van der Waals surface area (Å²) in [6.07, 6.45) is 2.23. The molecule has 0 fully saturated rings. The highest BCUT2D eigenvalue weighted by Gasteiger charge is 2.06. The van der Waals surface area contributed by atoms with Crippen LogP contribution in [0.4, 0.5) is 5.69 Å². The van der Waals surface area contributed by atoms with E-state index in [-0.39, 0.29) is 5.91 Å². The molecule has 0 aliphatic carbocycles. The van der Waals surface area contributed by atoms with Crippen molar-refractivity contribution in [1.82, 2.24) is 0 Å². The van der Waals surface area contributed by atoms with Crippen molar-refractivity contribution in [1.29, 1.82) is 0 Å². The van der Waals surface area contributed by atoms with Crippen LogP contribution >= 0.6 is 15.9 Å². The number of hydrogen-bond acceptors (Lipinski definition) is 2. The van der Waals surface area contributed by atoms with E-state index in [0.717, 1.165) is 34.3 Å². The van der Waals surface area contributed by atoms with E-state index in [1.807, 2.05) is 37.3 Å². The molecule has 0 atom stereocenters. The molecule has 0 unspecified atom stereocenters. The molecule has 1 amide bonds. The van der Waals surface area contributed by atoms with Gasteiger partial charge in [0.15, 0.2) is 0 Å². The lowest BCUT2D eigenvalue weighted by atomic mass is 10.0. The molecule has 3 nitrogen and oxygen atoms in total. The highest BCUT2D eigenvalue weighted by Crippen LogP contribution is 2.21. The summed E-state index contributed by atoms with van der Waals surface area (Å²) in [6, 6.07) is 11.9. The van der Waals surface area contributed by atoms with E-state index >= 15 is 0 Å². The van der Waals surface area contributed by atoms with Crippen LogP contribution in [0.15, 0.2) is 40.9 Å². The van der Waals surface area contributed by atoms with Crippen molar-refractivity contribution >= 4 is 27.5 Å². The monoisotopic (exact) mass is 375 g/mol. The lowest BCUT2D eigenvalue weighted by Crippen LogP contribution is -2.12. The van der Waals surface area contributed by atoms with Crippen LogP contribution in [0.1, 0.15) is 29.5 Å². The minimum atomic E-state index is 0.0570. The Hall–Kier alpha value is -1.81. The first kappa shape index (κ1) is 17.5. The van der Waals surface area contributed by atoms with Crippen LogP contribution < -0.4 is 10.1 Å². The standard InChI is InChI=1S/C19H22BrNO2/c1-13-12-17(23-3)9-7-15(13)5-4-6-19(22)21-18-10-8-16(20)11-14(18)2/h7-12H,4-6H2,1-3H3,(H,21,22). The molecule has 2 aromatic carbocycles. The van der Waals surface area contributed by atoms with Gasteiger partial charge in [-0.05, 0) is 73.7 Å². The molecule has 0 aromatic heterocycles. The van der Waals surface area contributed by atoms with Gasteiger partial charge in [0, 0.05) is 16.6 Å². The van der Waals surface area contributed by atoms with Crippen molar-refractivity contribution in [2.24, 2.45) is 0 Å². The zero-order chi connectivity index (χ0) is 16.8. The number of benzene rings is 2. The van der Waals surface area contributed by atoms with Crippen LogP contribution in [0.5, 0.6) is 5.75 Å². The van der Waals surface area contributed by atoms with Gasteiger partial charge in [0.25, 0.3) is 0 Å². The van der Waals surface area contributed by atoms with Crippen molar-refractivity contribution in [2.75, 3.05) is 12.4 Å². The number of rotatable bonds is 6. The maximum Gasteiger partial charge on any atom is 0.224 e. The van der Waals surface area contributed by atoms with Crippen molar-refractivity contribution < 1.29 is 9.53 Å². The Bertz CT molecular complexity index is 698. The van der Waals surface area contributed by atoms with Crippen molar-refractivity contribution in [2.45, 2.75) is 33.1 Å². The Morgan fingerprint density at radius 2 is 1.91 bits per heavy atom. The van der Waals surface area contributed by atoms with Crippen LogP contribution in [-0.2, 0) is 11.2 Å². The maximum absolute atomic E-state index is 12.1. The van der Waals surface area contributed by atoms with Gasteiger partial charge in [0.05, 0.1) is 7.11 Å². The summed E-state index contributed by atoms with van der Waals surface area (Å²) < 4.78 is 6.23.